The zero-order valence-electron chi connectivity index (χ0n) is 13.3. The summed E-state index contributed by atoms with van der Waals surface area (Å²) in [6.45, 7) is 1.76. The highest BCUT2D eigenvalue weighted by molar-refractivity contribution is 6.29. The standard InChI is InChI=1S/C17H17ClN2O4/c1-3-14(24-17(22)11-8-9-19-15(18)10-11)16(21)20-12-4-6-13(23-2)7-5-12/h4-10,14H,3H2,1-2H3,(H,20,21). The number of ether oxygens (including phenoxy) is 2. The fraction of sp³-hybridized carbons (Fsp3) is 0.235. The zero-order valence-corrected chi connectivity index (χ0v) is 14.0. The lowest BCUT2D eigenvalue weighted by Gasteiger charge is -2.16. The second kappa shape index (κ2) is 8.31. The minimum absolute atomic E-state index is 0.181. The van der Waals surface area contributed by atoms with E-state index < -0.39 is 18.0 Å². The summed E-state index contributed by atoms with van der Waals surface area (Å²) < 4.78 is 10.3. The van der Waals surface area contributed by atoms with E-state index in [2.05, 4.69) is 10.3 Å². The van der Waals surface area contributed by atoms with E-state index >= 15 is 0 Å². The van der Waals surface area contributed by atoms with Gasteiger partial charge in [-0.25, -0.2) is 9.78 Å². The van der Waals surface area contributed by atoms with Gasteiger partial charge in [0.15, 0.2) is 6.10 Å². The van der Waals surface area contributed by atoms with Gasteiger partial charge in [-0.2, -0.15) is 0 Å². The molecule has 0 saturated heterocycles. The maximum absolute atomic E-state index is 12.3. The fourth-order valence-electron chi connectivity index (χ4n) is 1.95. The van der Waals surface area contributed by atoms with Crippen molar-refractivity contribution in [3.05, 3.63) is 53.3 Å². The molecule has 7 heteroatoms. The predicted molar refractivity (Wildman–Crippen MR) is 90.4 cm³/mol. The molecule has 0 saturated carbocycles. The van der Waals surface area contributed by atoms with E-state index in [1.807, 2.05) is 0 Å². The Kier molecular flexibility index (Phi) is 6.14. The van der Waals surface area contributed by atoms with Crippen LogP contribution in [-0.4, -0.2) is 30.1 Å². The average molecular weight is 349 g/mol. The third-order valence-corrected chi connectivity index (χ3v) is 3.44. The molecule has 2 aromatic rings. The predicted octanol–water partition coefficient (Wildman–Crippen LogP) is 3.32. The number of methoxy groups -OCH3 is 1. The van der Waals surface area contributed by atoms with E-state index in [0.717, 1.165) is 0 Å². The zero-order chi connectivity index (χ0) is 17.5. The quantitative estimate of drug-likeness (QED) is 0.640. The van der Waals surface area contributed by atoms with E-state index in [-0.39, 0.29) is 10.7 Å². The van der Waals surface area contributed by atoms with Crippen molar-refractivity contribution < 1.29 is 19.1 Å². The Balaban J connectivity index is 2.01. The molecule has 0 radical (unpaired) electrons. The first kappa shape index (κ1) is 17.7. The summed E-state index contributed by atoms with van der Waals surface area (Å²) in [4.78, 5) is 28.2. The van der Waals surface area contributed by atoms with Gasteiger partial charge in [0.25, 0.3) is 5.91 Å². The van der Waals surface area contributed by atoms with Crippen LogP contribution >= 0.6 is 11.6 Å². The van der Waals surface area contributed by atoms with Crippen molar-refractivity contribution in [2.75, 3.05) is 12.4 Å². The van der Waals surface area contributed by atoms with Crippen molar-refractivity contribution in [2.24, 2.45) is 0 Å². The van der Waals surface area contributed by atoms with Gasteiger partial charge in [0, 0.05) is 11.9 Å². The fourth-order valence-corrected chi connectivity index (χ4v) is 2.12. The first-order valence-electron chi connectivity index (χ1n) is 7.31. The Bertz CT molecular complexity index is 719. The van der Waals surface area contributed by atoms with Crippen LogP contribution in [0.25, 0.3) is 0 Å². The van der Waals surface area contributed by atoms with Crippen molar-refractivity contribution in [3.63, 3.8) is 0 Å². The summed E-state index contributed by atoms with van der Waals surface area (Å²) in [6, 6.07) is 9.71. The van der Waals surface area contributed by atoms with Crippen LogP contribution in [0.15, 0.2) is 42.6 Å². The molecular weight excluding hydrogens is 332 g/mol. The van der Waals surface area contributed by atoms with Gasteiger partial charge in [0.05, 0.1) is 12.7 Å². The minimum Gasteiger partial charge on any atom is -0.497 e. The van der Waals surface area contributed by atoms with E-state index in [0.29, 0.717) is 17.9 Å². The molecule has 24 heavy (non-hydrogen) atoms. The van der Waals surface area contributed by atoms with E-state index in [1.165, 1.54) is 18.3 Å². The molecule has 0 bridgehead atoms. The van der Waals surface area contributed by atoms with Crippen molar-refractivity contribution >= 4 is 29.2 Å². The number of hydrogen-bond donors (Lipinski definition) is 1. The lowest BCUT2D eigenvalue weighted by atomic mass is 10.2. The molecule has 0 aliphatic rings. The molecular formula is C17H17ClN2O4. The highest BCUT2D eigenvalue weighted by atomic mass is 35.5. The lowest BCUT2D eigenvalue weighted by molar-refractivity contribution is -0.124. The summed E-state index contributed by atoms with van der Waals surface area (Å²) in [6.07, 6.45) is 0.829. The molecule has 0 aliphatic carbocycles. The lowest BCUT2D eigenvalue weighted by Crippen LogP contribution is -2.32. The molecule has 1 heterocycles. The molecule has 2 rings (SSSR count). The summed E-state index contributed by atoms with van der Waals surface area (Å²) in [5, 5.41) is 2.88. The number of pyridine rings is 1. The third kappa shape index (κ3) is 4.70. The minimum atomic E-state index is -0.911. The number of benzene rings is 1. The summed E-state index contributed by atoms with van der Waals surface area (Å²) in [5.41, 5.74) is 0.827. The Morgan fingerprint density at radius 1 is 1.25 bits per heavy atom. The van der Waals surface area contributed by atoms with Crippen LogP contribution in [0.1, 0.15) is 23.7 Å². The molecule has 1 unspecified atom stereocenters. The van der Waals surface area contributed by atoms with Crippen LogP contribution in [0.3, 0.4) is 0 Å². The molecule has 1 N–H and O–H groups in total. The van der Waals surface area contributed by atoms with Crippen LogP contribution in [-0.2, 0) is 9.53 Å². The summed E-state index contributed by atoms with van der Waals surface area (Å²) in [5.74, 6) is -0.353. The Hall–Kier alpha value is -2.60. The van der Waals surface area contributed by atoms with Crippen molar-refractivity contribution in [2.45, 2.75) is 19.4 Å². The van der Waals surface area contributed by atoms with Gasteiger partial charge in [-0.3, -0.25) is 4.79 Å². The smallest absolute Gasteiger partial charge is 0.339 e. The van der Waals surface area contributed by atoms with Crippen LogP contribution in [0.4, 0.5) is 5.69 Å². The van der Waals surface area contributed by atoms with Gasteiger partial charge in [-0.1, -0.05) is 18.5 Å². The van der Waals surface area contributed by atoms with E-state index in [1.54, 1.807) is 38.3 Å². The number of esters is 1. The molecule has 0 aliphatic heterocycles. The molecule has 1 atom stereocenters. The highest BCUT2D eigenvalue weighted by Gasteiger charge is 2.22. The Morgan fingerprint density at radius 3 is 2.54 bits per heavy atom. The topological polar surface area (TPSA) is 77.5 Å². The van der Waals surface area contributed by atoms with Gasteiger partial charge in [0.1, 0.15) is 10.9 Å². The summed E-state index contributed by atoms with van der Waals surface area (Å²) in [7, 11) is 1.56. The molecule has 1 aromatic carbocycles. The molecule has 1 aromatic heterocycles. The van der Waals surface area contributed by atoms with Crippen LogP contribution in [0.2, 0.25) is 5.15 Å². The molecule has 0 spiro atoms. The number of aromatic nitrogens is 1. The maximum atomic E-state index is 12.3. The Morgan fingerprint density at radius 2 is 1.96 bits per heavy atom. The second-order valence-corrected chi connectivity index (χ2v) is 5.27. The van der Waals surface area contributed by atoms with Gasteiger partial charge >= 0.3 is 5.97 Å². The SMILES string of the molecule is CCC(OC(=O)c1ccnc(Cl)c1)C(=O)Nc1ccc(OC)cc1. The van der Waals surface area contributed by atoms with Gasteiger partial charge in [0.2, 0.25) is 0 Å². The van der Waals surface area contributed by atoms with Crippen LogP contribution in [0.5, 0.6) is 5.75 Å². The number of anilines is 1. The largest absolute Gasteiger partial charge is 0.497 e. The number of nitrogens with zero attached hydrogens (tertiary/aromatic N) is 1. The van der Waals surface area contributed by atoms with Gasteiger partial charge in [-0.15, -0.1) is 0 Å². The van der Waals surface area contributed by atoms with E-state index in [4.69, 9.17) is 21.1 Å². The highest BCUT2D eigenvalue weighted by Crippen LogP contribution is 2.16. The Labute approximate surface area is 144 Å². The number of amides is 1. The number of carbonyl (C=O) groups is 2. The molecule has 1 amide bonds. The second-order valence-electron chi connectivity index (χ2n) is 4.89. The van der Waals surface area contributed by atoms with Crippen LogP contribution < -0.4 is 10.1 Å². The normalized spacial score (nSPS) is 11.5. The number of nitrogens with one attached hydrogen (secondary N) is 1. The number of hydrogen-bond acceptors (Lipinski definition) is 5. The number of rotatable bonds is 6. The molecule has 126 valence electrons. The van der Waals surface area contributed by atoms with Crippen molar-refractivity contribution in [1.82, 2.24) is 4.98 Å². The van der Waals surface area contributed by atoms with Gasteiger partial charge < -0.3 is 14.8 Å². The maximum Gasteiger partial charge on any atom is 0.339 e. The van der Waals surface area contributed by atoms with Crippen molar-refractivity contribution in [3.8, 4) is 5.75 Å². The summed E-state index contributed by atoms with van der Waals surface area (Å²) >= 11 is 5.75. The average Bonchev–Trinajstić information content (AvgIpc) is 2.60. The first-order valence-corrected chi connectivity index (χ1v) is 7.68. The molecule has 0 fully saturated rings. The first-order chi connectivity index (χ1) is 11.5. The third-order valence-electron chi connectivity index (χ3n) is 3.23. The number of carbonyl (C=O) groups excluding carboxylic acids is 2. The molecule has 6 nitrogen and oxygen atoms in total. The monoisotopic (exact) mass is 348 g/mol. The van der Waals surface area contributed by atoms with Crippen LogP contribution in [0, 0.1) is 0 Å². The van der Waals surface area contributed by atoms with Crippen molar-refractivity contribution in [1.29, 1.82) is 0 Å². The van der Waals surface area contributed by atoms with E-state index in [9.17, 15) is 9.59 Å². The number of halogens is 1. The van der Waals surface area contributed by atoms with Gasteiger partial charge in [-0.05, 0) is 42.8 Å².